The van der Waals surface area contributed by atoms with Crippen molar-refractivity contribution in [1.29, 1.82) is 0 Å². The molecule has 0 fully saturated rings. The van der Waals surface area contributed by atoms with Gasteiger partial charge in [-0.05, 0) is 128 Å². The van der Waals surface area contributed by atoms with Crippen LogP contribution in [0.15, 0.2) is 122 Å². The molecule has 0 saturated heterocycles. The molecule has 0 bridgehead atoms. The van der Waals surface area contributed by atoms with Gasteiger partial charge in [-0.3, -0.25) is 32.5 Å². The Hall–Kier alpha value is -4.05. The number of hydrogen-bond acceptors (Lipinski definition) is 14. The first-order valence-corrected chi connectivity index (χ1v) is 35.8. The van der Waals surface area contributed by atoms with Crippen LogP contribution in [0.2, 0.25) is 0 Å². The summed E-state index contributed by atoms with van der Waals surface area (Å²) in [6.45, 7) is 2.33. The third-order valence-corrected chi connectivity index (χ3v) is 15.1. The monoisotopic (exact) mass is 1260 g/mol. The summed E-state index contributed by atoms with van der Waals surface area (Å²) >= 11 is 0. The van der Waals surface area contributed by atoms with Gasteiger partial charge in [0.2, 0.25) is 0 Å². The molecule has 0 aliphatic heterocycles. The van der Waals surface area contributed by atoms with Gasteiger partial charge < -0.3 is 34.2 Å². The number of unbranched alkanes of at least 4 members (excludes halogenated alkanes) is 18. The van der Waals surface area contributed by atoms with Crippen LogP contribution in [0.5, 0.6) is 0 Å². The van der Waals surface area contributed by atoms with Gasteiger partial charge in [0.05, 0.1) is 26.4 Å². The van der Waals surface area contributed by atoms with Crippen molar-refractivity contribution in [2.75, 3.05) is 39.6 Å². The number of ether oxygens (including phenoxy) is 3. The Morgan fingerprint density at radius 3 is 0.966 bits per heavy atom. The molecule has 0 aliphatic rings. The number of esters is 3. The molecule has 5 atom stereocenters. The molecule has 87 heavy (non-hydrogen) atoms. The maximum atomic E-state index is 12.9. The second-order valence-electron chi connectivity index (χ2n) is 21.5. The molecule has 18 heteroatoms. The van der Waals surface area contributed by atoms with Gasteiger partial charge in [-0.1, -0.05) is 213 Å². The number of rotatable bonds is 61. The minimum absolute atomic E-state index is 0.0753. The lowest BCUT2D eigenvalue weighted by atomic mass is 10.1. The van der Waals surface area contributed by atoms with E-state index in [1.54, 1.807) is 0 Å². The van der Waals surface area contributed by atoms with E-state index in [9.17, 15) is 43.5 Å². The van der Waals surface area contributed by atoms with E-state index in [0.29, 0.717) is 19.3 Å². The second-order valence-corrected chi connectivity index (χ2v) is 24.4. The summed E-state index contributed by atoms with van der Waals surface area (Å²) in [7, 11) is -9.79. The topological polar surface area (TPSA) is 231 Å². The van der Waals surface area contributed by atoms with Crippen molar-refractivity contribution >= 4 is 33.6 Å². The van der Waals surface area contributed by atoms with E-state index < -0.39 is 91.5 Å². The zero-order valence-electron chi connectivity index (χ0n) is 53.6. The fraction of sp³-hybridized carbons (Fsp3) is 0.667. The van der Waals surface area contributed by atoms with Crippen LogP contribution in [-0.2, 0) is 55.8 Å². The molecule has 0 radical (unpaired) electrons. The highest BCUT2D eigenvalue weighted by molar-refractivity contribution is 7.47. The Morgan fingerprint density at radius 1 is 0.333 bits per heavy atom. The molecule has 0 aromatic rings. The molecule has 5 unspecified atom stereocenters. The molecule has 0 amide bonds. The van der Waals surface area contributed by atoms with Crippen LogP contribution in [-0.4, -0.2) is 95.9 Å². The van der Waals surface area contributed by atoms with Gasteiger partial charge >= 0.3 is 33.6 Å². The standard InChI is InChI=1S/C69H116O16P2/c1-4-7-10-13-16-19-22-25-28-30-31-33-36-37-40-43-46-49-52-55-67(72)79-58-64(70)59-81-86(75,76)82-60-65(71)61-83-87(77,78)84-63-66(85-69(74)57-54-51-48-45-42-39-34-27-24-21-18-15-12-9-6-3)62-80-68(73)56-53-50-47-44-41-38-35-32-29-26-23-20-17-14-11-8-5-2/h8-9,11-12,16-21,25-29,31,33-35,38,64-66,70-71H,4-7,10,13-15,22-24,30,32,36-37,39-63H2,1-3H3,(H,75,76)(H,77,78)/b11-8-,12-9-,19-16-,20-17-,21-18-,28-25-,29-26-,33-31-,34-27-,38-35-. The average Bonchev–Trinajstić information content (AvgIpc) is 3.68. The highest BCUT2D eigenvalue weighted by atomic mass is 31.2. The summed E-state index contributed by atoms with van der Waals surface area (Å²) in [6.07, 6.45) is 69.6. The van der Waals surface area contributed by atoms with Crippen LogP contribution in [0.1, 0.15) is 239 Å². The largest absolute Gasteiger partial charge is 0.472 e. The Morgan fingerprint density at radius 2 is 0.609 bits per heavy atom. The molecular formula is C69H116O16P2. The van der Waals surface area contributed by atoms with Gasteiger partial charge in [0.1, 0.15) is 25.4 Å². The molecule has 0 aliphatic carbocycles. The predicted octanol–water partition coefficient (Wildman–Crippen LogP) is 17.9. The van der Waals surface area contributed by atoms with Crippen molar-refractivity contribution in [3.05, 3.63) is 122 Å². The van der Waals surface area contributed by atoms with Gasteiger partial charge in [-0.2, -0.15) is 0 Å². The third-order valence-electron chi connectivity index (χ3n) is 13.2. The molecule has 0 aromatic carbocycles. The molecule has 0 saturated carbocycles. The second kappa shape index (κ2) is 62.2. The normalized spacial score (nSPS) is 15.1. The van der Waals surface area contributed by atoms with Crippen molar-refractivity contribution in [3.63, 3.8) is 0 Å². The molecule has 0 spiro atoms. The average molecular weight is 1260 g/mol. The van der Waals surface area contributed by atoms with Crippen LogP contribution in [0.25, 0.3) is 0 Å². The first-order chi connectivity index (χ1) is 42.2. The van der Waals surface area contributed by atoms with Crippen molar-refractivity contribution < 1.29 is 75.8 Å². The quantitative estimate of drug-likeness (QED) is 0.0146. The summed E-state index contributed by atoms with van der Waals surface area (Å²) in [6, 6.07) is 0. The number of aliphatic hydroxyl groups is 2. The summed E-state index contributed by atoms with van der Waals surface area (Å²) < 4.78 is 60.8. The fourth-order valence-corrected chi connectivity index (χ4v) is 9.75. The lowest BCUT2D eigenvalue weighted by Gasteiger charge is -2.21. The van der Waals surface area contributed by atoms with Gasteiger partial charge in [-0.15, -0.1) is 0 Å². The first kappa shape index (κ1) is 83.0. The first-order valence-electron chi connectivity index (χ1n) is 32.8. The van der Waals surface area contributed by atoms with Crippen molar-refractivity contribution in [2.24, 2.45) is 0 Å². The number of allylic oxidation sites excluding steroid dienone is 20. The Labute approximate surface area is 525 Å². The molecule has 4 N–H and O–H groups in total. The Bertz CT molecular complexity index is 2070. The van der Waals surface area contributed by atoms with Crippen LogP contribution in [0.4, 0.5) is 0 Å². The Balaban J connectivity index is 4.73. The smallest absolute Gasteiger partial charge is 0.463 e. The number of hydrogen-bond donors (Lipinski definition) is 4. The molecule has 498 valence electrons. The SMILES string of the molecule is CC/C=C\C/C=C\C/C=C\C/C=C\CCCCCCC(=O)OCC(COP(=O)(O)OCC(O)COP(=O)(O)OCC(O)COC(=O)CCCCCCCC/C=C\C/C=C\C/C=C\CCCCC)OC(=O)CCCCCCC/C=C\C/C=C\C/C=C\CC. The lowest BCUT2D eigenvalue weighted by Crippen LogP contribution is -2.30. The van der Waals surface area contributed by atoms with Gasteiger partial charge in [0.15, 0.2) is 6.10 Å². The number of carbonyl (C=O) groups is 3. The summed E-state index contributed by atoms with van der Waals surface area (Å²) in [5.74, 6) is -1.64. The zero-order valence-corrected chi connectivity index (χ0v) is 55.4. The summed E-state index contributed by atoms with van der Waals surface area (Å²) in [5.41, 5.74) is 0. The summed E-state index contributed by atoms with van der Waals surface area (Å²) in [5, 5.41) is 20.5. The third kappa shape index (κ3) is 63.3. The van der Waals surface area contributed by atoms with E-state index in [-0.39, 0.29) is 19.3 Å². The maximum Gasteiger partial charge on any atom is 0.472 e. The molecular weight excluding hydrogens is 1150 g/mol. The van der Waals surface area contributed by atoms with Crippen molar-refractivity contribution in [2.45, 2.75) is 257 Å². The van der Waals surface area contributed by atoms with Crippen LogP contribution in [0.3, 0.4) is 0 Å². The maximum absolute atomic E-state index is 12.9. The van der Waals surface area contributed by atoms with E-state index in [0.717, 1.165) is 161 Å². The van der Waals surface area contributed by atoms with Crippen LogP contribution in [0, 0.1) is 0 Å². The molecule has 16 nitrogen and oxygen atoms in total. The van der Waals surface area contributed by atoms with Crippen LogP contribution < -0.4 is 0 Å². The van der Waals surface area contributed by atoms with E-state index in [1.807, 2.05) is 0 Å². The minimum atomic E-state index is -4.94. The number of aliphatic hydroxyl groups excluding tert-OH is 2. The lowest BCUT2D eigenvalue weighted by molar-refractivity contribution is -0.161. The zero-order chi connectivity index (χ0) is 63.8. The van der Waals surface area contributed by atoms with Gasteiger partial charge in [0.25, 0.3) is 0 Å². The van der Waals surface area contributed by atoms with Crippen molar-refractivity contribution in [3.8, 4) is 0 Å². The van der Waals surface area contributed by atoms with E-state index in [2.05, 4.69) is 142 Å². The van der Waals surface area contributed by atoms with E-state index in [1.165, 1.54) is 19.3 Å². The van der Waals surface area contributed by atoms with E-state index >= 15 is 0 Å². The van der Waals surface area contributed by atoms with Crippen molar-refractivity contribution in [1.82, 2.24) is 0 Å². The summed E-state index contributed by atoms with van der Waals surface area (Å²) in [4.78, 5) is 58.3. The van der Waals surface area contributed by atoms with Gasteiger partial charge in [0, 0.05) is 19.3 Å². The van der Waals surface area contributed by atoms with Gasteiger partial charge in [-0.25, -0.2) is 9.13 Å². The predicted molar refractivity (Wildman–Crippen MR) is 353 cm³/mol. The minimum Gasteiger partial charge on any atom is -0.463 e. The molecule has 0 heterocycles. The number of carbonyl (C=O) groups excluding carboxylic acids is 3. The Kier molecular flexibility index (Phi) is 59.3. The highest BCUT2D eigenvalue weighted by Crippen LogP contribution is 2.45. The van der Waals surface area contributed by atoms with E-state index in [4.69, 9.17) is 32.3 Å². The highest BCUT2D eigenvalue weighted by Gasteiger charge is 2.29. The molecule has 0 aromatic heterocycles. The number of phosphoric acid groups is 2. The fourth-order valence-electron chi connectivity index (χ4n) is 8.17. The molecule has 0 rings (SSSR count). The van der Waals surface area contributed by atoms with Crippen LogP contribution >= 0.6 is 15.6 Å². The number of phosphoric ester groups is 2.